The van der Waals surface area contributed by atoms with Gasteiger partial charge in [0.25, 0.3) is 0 Å². The Hall–Kier alpha value is -0.350. The molecule has 0 amide bonds. The maximum absolute atomic E-state index is 5.26. The standard InChI is InChI=1S/C11H18BrN2O/c1-2-15-8-6-4-3-5-7-14-10-11(12)9-13-14/h3,9-10H,2,4-8H2,1H3. The summed E-state index contributed by atoms with van der Waals surface area (Å²) in [7, 11) is 0. The normalized spacial score (nSPS) is 10.8. The largest absolute Gasteiger partial charge is 0.382 e. The van der Waals surface area contributed by atoms with Crippen LogP contribution in [-0.4, -0.2) is 23.0 Å². The summed E-state index contributed by atoms with van der Waals surface area (Å²) < 4.78 is 8.25. The lowest BCUT2D eigenvalue weighted by atomic mass is 10.2. The summed E-state index contributed by atoms with van der Waals surface area (Å²) in [5, 5.41) is 4.19. The van der Waals surface area contributed by atoms with Gasteiger partial charge in [-0.25, -0.2) is 0 Å². The van der Waals surface area contributed by atoms with Crippen molar-refractivity contribution in [1.82, 2.24) is 9.78 Å². The summed E-state index contributed by atoms with van der Waals surface area (Å²) in [5.74, 6) is 0. The third kappa shape index (κ3) is 5.95. The molecule has 0 aliphatic rings. The molecule has 0 spiro atoms. The van der Waals surface area contributed by atoms with Crippen LogP contribution in [0.15, 0.2) is 16.9 Å². The van der Waals surface area contributed by atoms with E-state index in [1.807, 2.05) is 24.0 Å². The lowest BCUT2D eigenvalue weighted by Gasteiger charge is -2.02. The first-order chi connectivity index (χ1) is 7.33. The van der Waals surface area contributed by atoms with Crippen LogP contribution in [0.25, 0.3) is 0 Å². The number of aromatic nitrogens is 2. The Labute approximate surface area is 99.9 Å². The van der Waals surface area contributed by atoms with Crippen molar-refractivity contribution in [3.63, 3.8) is 0 Å². The molecule has 0 N–H and O–H groups in total. The van der Waals surface area contributed by atoms with Gasteiger partial charge in [0.1, 0.15) is 0 Å². The van der Waals surface area contributed by atoms with Crippen molar-refractivity contribution in [3.8, 4) is 0 Å². The SMILES string of the molecule is CCOCCC[CH]CCn1cc(Br)cn1. The summed E-state index contributed by atoms with van der Waals surface area (Å²) in [6.45, 7) is 4.68. The molecule has 0 bridgehead atoms. The Morgan fingerprint density at radius 3 is 3.07 bits per heavy atom. The van der Waals surface area contributed by atoms with E-state index in [1.54, 1.807) is 0 Å². The minimum atomic E-state index is 0.821. The number of hydrogen-bond donors (Lipinski definition) is 0. The topological polar surface area (TPSA) is 27.1 Å². The highest BCUT2D eigenvalue weighted by atomic mass is 79.9. The third-order valence-electron chi connectivity index (χ3n) is 2.07. The molecule has 0 unspecified atom stereocenters. The Morgan fingerprint density at radius 1 is 1.53 bits per heavy atom. The van der Waals surface area contributed by atoms with E-state index < -0.39 is 0 Å². The first-order valence-electron chi connectivity index (χ1n) is 5.40. The van der Waals surface area contributed by atoms with Crippen LogP contribution in [0, 0.1) is 6.42 Å². The van der Waals surface area contributed by atoms with E-state index in [2.05, 4.69) is 27.4 Å². The van der Waals surface area contributed by atoms with Crippen molar-refractivity contribution in [2.24, 2.45) is 0 Å². The van der Waals surface area contributed by atoms with E-state index in [-0.39, 0.29) is 0 Å². The lowest BCUT2D eigenvalue weighted by molar-refractivity contribution is 0.145. The van der Waals surface area contributed by atoms with Crippen LogP contribution in [0.4, 0.5) is 0 Å². The molecule has 1 radical (unpaired) electrons. The number of hydrogen-bond acceptors (Lipinski definition) is 2. The van der Waals surface area contributed by atoms with E-state index >= 15 is 0 Å². The number of aryl methyl sites for hydroxylation is 1. The first-order valence-corrected chi connectivity index (χ1v) is 6.19. The molecule has 85 valence electrons. The molecule has 0 aromatic carbocycles. The van der Waals surface area contributed by atoms with Crippen molar-refractivity contribution in [2.75, 3.05) is 13.2 Å². The van der Waals surface area contributed by atoms with Crippen molar-refractivity contribution < 1.29 is 4.74 Å². The van der Waals surface area contributed by atoms with E-state index in [0.29, 0.717) is 0 Å². The second-order valence-electron chi connectivity index (χ2n) is 3.34. The molecule has 1 heterocycles. The molecule has 4 heteroatoms. The molecule has 0 saturated carbocycles. The van der Waals surface area contributed by atoms with Crippen LogP contribution in [0.5, 0.6) is 0 Å². The smallest absolute Gasteiger partial charge is 0.0632 e. The van der Waals surface area contributed by atoms with E-state index in [1.165, 1.54) is 0 Å². The second kappa shape index (κ2) is 7.88. The molecular formula is C11H18BrN2O. The molecule has 15 heavy (non-hydrogen) atoms. The summed E-state index contributed by atoms with van der Waals surface area (Å²) in [6, 6.07) is 0. The van der Waals surface area contributed by atoms with Gasteiger partial charge in [0.05, 0.1) is 10.7 Å². The van der Waals surface area contributed by atoms with Gasteiger partial charge in [0, 0.05) is 26.0 Å². The van der Waals surface area contributed by atoms with Crippen LogP contribution < -0.4 is 0 Å². The summed E-state index contributed by atoms with van der Waals surface area (Å²) in [4.78, 5) is 0. The molecule has 0 aliphatic heterocycles. The van der Waals surface area contributed by atoms with Crippen molar-refractivity contribution >= 4 is 15.9 Å². The Balaban J connectivity index is 1.93. The molecule has 0 aliphatic carbocycles. The molecular weight excluding hydrogens is 256 g/mol. The van der Waals surface area contributed by atoms with Crippen LogP contribution in [0.1, 0.15) is 26.2 Å². The average molecular weight is 274 g/mol. The van der Waals surface area contributed by atoms with Gasteiger partial charge >= 0.3 is 0 Å². The molecule has 0 saturated heterocycles. The van der Waals surface area contributed by atoms with Crippen molar-refractivity contribution in [3.05, 3.63) is 23.3 Å². The van der Waals surface area contributed by atoms with E-state index in [0.717, 1.165) is 43.5 Å². The Kier molecular flexibility index (Phi) is 6.68. The molecule has 3 nitrogen and oxygen atoms in total. The number of unbranched alkanes of at least 4 members (excludes halogenated alkanes) is 3. The van der Waals surface area contributed by atoms with Crippen LogP contribution >= 0.6 is 15.9 Å². The minimum Gasteiger partial charge on any atom is -0.382 e. The van der Waals surface area contributed by atoms with Crippen LogP contribution in [0.2, 0.25) is 0 Å². The van der Waals surface area contributed by atoms with Gasteiger partial charge in [-0.05, 0) is 48.5 Å². The molecule has 1 aromatic heterocycles. The Bertz CT molecular complexity index is 263. The number of nitrogens with zero attached hydrogens (tertiary/aromatic N) is 2. The van der Waals surface area contributed by atoms with Gasteiger partial charge < -0.3 is 4.74 Å². The van der Waals surface area contributed by atoms with Crippen molar-refractivity contribution in [1.29, 1.82) is 0 Å². The highest BCUT2D eigenvalue weighted by molar-refractivity contribution is 9.10. The fourth-order valence-corrected chi connectivity index (χ4v) is 1.63. The zero-order valence-corrected chi connectivity index (χ0v) is 10.7. The highest BCUT2D eigenvalue weighted by Crippen LogP contribution is 2.07. The number of rotatable bonds is 8. The van der Waals surface area contributed by atoms with Crippen LogP contribution in [-0.2, 0) is 11.3 Å². The number of ether oxygens (including phenoxy) is 1. The maximum Gasteiger partial charge on any atom is 0.0632 e. The second-order valence-corrected chi connectivity index (χ2v) is 4.25. The van der Waals surface area contributed by atoms with E-state index in [4.69, 9.17) is 4.74 Å². The predicted octanol–water partition coefficient (Wildman–Crippen LogP) is 3.06. The average Bonchev–Trinajstić information content (AvgIpc) is 2.63. The zero-order valence-electron chi connectivity index (χ0n) is 9.16. The van der Waals surface area contributed by atoms with Gasteiger partial charge in [-0.3, -0.25) is 4.68 Å². The monoisotopic (exact) mass is 273 g/mol. The summed E-state index contributed by atoms with van der Waals surface area (Å²) in [6.07, 6.45) is 9.43. The fraction of sp³-hybridized carbons (Fsp3) is 0.636. The minimum absolute atomic E-state index is 0.821. The van der Waals surface area contributed by atoms with Gasteiger partial charge in [0.2, 0.25) is 0 Å². The molecule has 0 atom stereocenters. The molecule has 1 aromatic rings. The quantitative estimate of drug-likeness (QED) is 0.681. The Morgan fingerprint density at radius 2 is 2.40 bits per heavy atom. The van der Waals surface area contributed by atoms with Gasteiger partial charge in [-0.15, -0.1) is 0 Å². The lowest BCUT2D eigenvalue weighted by Crippen LogP contribution is -1.99. The van der Waals surface area contributed by atoms with Crippen LogP contribution in [0.3, 0.4) is 0 Å². The van der Waals surface area contributed by atoms with Crippen molar-refractivity contribution in [2.45, 2.75) is 32.7 Å². The van der Waals surface area contributed by atoms with Gasteiger partial charge in [0.15, 0.2) is 0 Å². The highest BCUT2D eigenvalue weighted by Gasteiger charge is 1.95. The first kappa shape index (κ1) is 12.7. The van der Waals surface area contributed by atoms with Gasteiger partial charge in [-0.1, -0.05) is 0 Å². The number of halogens is 1. The summed E-state index contributed by atoms with van der Waals surface area (Å²) >= 11 is 3.37. The maximum atomic E-state index is 5.26. The fourth-order valence-electron chi connectivity index (χ4n) is 1.30. The zero-order chi connectivity index (χ0) is 10.9. The summed E-state index contributed by atoms with van der Waals surface area (Å²) in [5.41, 5.74) is 0. The molecule has 1 rings (SSSR count). The third-order valence-corrected chi connectivity index (χ3v) is 2.47. The predicted molar refractivity (Wildman–Crippen MR) is 64.6 cm³/mol. The van der Waals surface area contributed by atoms with Gasteiger partial charge in [-0.2, -0.15) is 5.10 Å². The van der Waals surface area contributed by atoms with E-state index in [9.17, 15) is 0 Å². The molecule has 0 fully saturated rings.